The summed E-state index contributed by atoms with van der Waals surface area (Å²) in [7, 11) is 2.03. The lowest BCUT2D eigenvalue weighted by molar-refractivity contribution is -0.651. The molecule has 0 aliphatic rings. The molecule has 0 unspecified atom stereocenters. The Balaban J connectivity index is 1.92. The quantitative estimate of drug-likeness (QED) is 0.312. The van der Waals surface area contributed by atoms with E-state index in [0.29, 0.717) is 12.3 Å². The third-order valence-electron chi connectivity index (χ3n) is 4.10. The normalized spacial score (nSPS) is 10.6. The van der Waals surface area contributed by atoms with Crippen molar-refractivity contribution in [1.82, 2.24) is 4.40 Å². The number of fused-ring (bicyclic) bond motifs is 1. The van der Waals surface area contributed by atoms with Crippen LogP contribution in [0.5, 0.6) is 5.75 Å². The van der Waals surface area contributed by atoms with Crippen molar-refractivity contribution in [2.24, 2.45) is 12.2 Å². The summed E-state index contributed by atoms with van der Waals surface area (Å²) in [5, 5.41) is 3.62. The summed E-state index contributed by atoms with van der Waals surface area (Å²) in [6.45, 7) is 4.60. The van der Waals surface area contributed by atoms with Crippen LogP contribution < -0.4 is 9.30 Å². The van der Waals surface area contributed by atoms with Crippen LogP contribution in [0.15, 0.2) is 47.7 Å². The molecule has 3 aromatic rings. The highest BCUT2D eigenvalue weighted by Crippen LogP contribution is 2.22. The summed E-state index contributed by atoms with van der Waals surface area (Å²) in [6, 6.07) is 11.3. The highest BCUT2D eigenvalue weighted by Gasteiger charge is 2.20. The summed E-state index contributed by atoms with van der Waals surface area (Å²) in [4.78, 5) is 2.81. The molecule has 0 N–H and O–H groups in total. The first kappa shape index (κ1) is 14.9. The largest absolute Gasteiger partial charge is 0.481 e. The maximum absolute atomic E-state index is 8.52. The molecule has 0 aliphatic carbocycles. The topological polar surface area (TPSA) is 66.3 Å². The van der Waals surface area contributed by atoms with Gasteiger partial charge in [-0.15, -0.1) is 0 Å². The van der Waals surface area contributed by atoms with Gasteiger partial charge in [0.1, 0.15) is 18.0 Å². The molecule has 6 nitrogen and oxygen atoms in total. The van der Waals surface area contributed by atoms with E-state index in [1.54, 1.807) is 6.07 Å². The van der Waals surface area contributed by atoms with Crippen molar-refractivity contribution in [3.05, 3.63) is 70.0 Å². The van der Waals surface area contributed by atoms with E-state index in [2.05, 4.69) is 32.8 Å². The number of imidazole rings is 1. The van der Waals surface area contributed by atoms with Gasteiger partial charge in [-0.3, -0.25) is 0 Å². The summed E-state index contributed by atoms with van der Waals surface area (Å²) in [6.07, 6.45) is 2.03. The minimum atomic E-state index is 0.414. The summed E-state index contributed by atoms with van der Waals surface area (Å²) in [5.41, 5.74) is 13.5. The van der Waals surface area contributed by atoms with Gasteiger partial charge < -0.3 is 4.74 Å². The number of pyridine rings is 1. The number of rotatable bonds is 4. The lowest BCUT2D eigenvalue weighted by Crippen LogP contribution is -2.30. The molecule has 23 heavy (non-hydrogen) atoms. The Morgan fingerprint density at radius 2 is 2.09 bits per heavy atom. The molecule has 0 atom stereocenters. The Hall–Kier alpha value is -2.98. The molecular formula is C17H18N5O+. The number of aromatic nitrogens is 2. The van der Waals surface area contributed by atoms with Crippen molar-refractivity contribution in [1.29, 1.82) is 0 Å². The third kappa shape index (κ3) is 2.72. The van der Waals surface area contributed by atoms with E-state index in [1.165, 1.54) is 11.4 Å². The van der Waals surface area contributed by atoms with Crippen LogP contribution in [-0.4, -0.2) is 4.40 Å². The predicted octanol–water partition coefficient (Wildman–Crippen LogP) is 3.90. The summed E-state index contributed by atoms with van der Waals surface area (Å²) < 4.78 is 10.3. The molecule has 0 saturated heterocycles. The van der Waals surface area contributed by atoms with Gasteiger partial charge in [-0.25, -0.2) is 4.57 Å². The zero-order valence-electron chi connectivity index (χ0n) is 13.4. The van der Waals surface area contributed by atoms with Crippen LogP contribution in [-0.2, 0) is 13.7 Å². The monoisotopic (exact) mass is 308 g/mol. The zero-order valence-corrected chi connectivity index (χ0v) is 13.4. The van der Waals surface area contributed by atoms with Crippen LogP contribution >= 0.6 is 0 Å². The molecule has 0 spiro atoms. The number of ether oxygens (including phenoxy) is 1. The fourth-order valence-corrected chi connectivity index (χ4v) is 2.69. The average molecular weight is 308 g/mol. The number of hydrogen-bond donors (Lipinski definition) is 0. The Morgan fingerprint density at radius 1 is 1.26 bits per heavy atom. The minimum Gasteiger partial charge on any atom is -0.481 e. The molecule has 116 valence electrons. The second-order valence-corrected chi connectivity index (χ2v) is 5.44. The van der Waals surface area contributed by atoms with Crippen molar-refractivity contribution >= 4 is 11.3 Å². The van der Waals surface area contributed by atoms with Crippen LogP contribution in [0.1, 0.15) is 17.0 Å². The Kier molecular flexibility index (Phi) is 3.91. The van der Waals surface area contributed by atoms with Crippen molar-refractivity contribution < 1.29 is 9.30 Å². The number of azide groups is 1. The predicted molar refractivity (Wildman–Crippen MR) is 87.6 cm³/mol. The van der Waals surface area contributed by atoms with E-state index in [9.17, 15) is 0 Å². The molecule has 0 bridgehead atoms. The molecule has 3 rings (SSSR count). The Labute approximate surface area is 134 Å². The molecule has 0 amide bonds. The number of benzene rings is 1. The summed E-state index contributed by atoms with van der Waals surface area (Å²) in [5.74, 6) is 0.820. The van der Waals surface area contributed by atoms with Crippen LogP contribution in [0.3, 0.4) is 0 Å². The van der Waals surface area contributed by atoms with Crippen molar-refractivity contribution in [2.75, 3.05) is 0 Å². The van der Waals surface area contributed by atoms with E-state index in [-0.39, 0.29) is 0 Å². The van der Waals surface area contributed by atoms with Gasteiger partial charge in [0, 0.05) is 24.4 Å². The van der Waals surface area contributed by atoms with E-state index < -0.39 is 0 Å². The first-order chi connectivity index (χ1) is 11.1. The Morgan fingerprint density at radius 3 is 2.87 bits per heavy atom. The number of nitrogens with zero attached hydrogens (tertiary/aromatic N) is 5. The molecule has 6 heteroatoms. The van der Waals surface area contributed by atoms with Crippen molar-refractivity contribution in [3.8, 4) is 5.75 Å². The number of aryl methyl sites for hydroxylation is 2. The fourth-order valence-electron chi connectivity index (χ4n) is 2.69. The van der Waals surface area contributed by atoms with Gasteiger partial charge >= 0.3 is 5.65 Å². The average Bonchev–Trinajstić information content (AvgIpc) is 2.79. The lowest BCUT2D eigenvalue weighted by atomic mass is 10.2. The van der Waals surface area contributed by atoms with Gasteiger partial charge in [-0.1, -0.05) is 23.3 Å². The van der Waals surface area contributed by atoms with Crippen LogP contribution in [0.4, 0.5) is 5.69 Å². The summed E-state index contributed by atoms with van der Waals surface area (Å²) >= 11 is 0. The van der Waals surface area contributed by atoms with E-state index >= 15 is 0 Å². The molecule has 0 aliphatic heterocycles. The van der Waals surface area contributed by atoms with Crippen LogP contribution in [0.25, 0.3) is 16.1 Å². The molecular weight excluding hydrogens is 290 g/mol. The molecule has 2 heterocycles. The highest BCUT2D eigenvalue weighted by molar-refractivity contribution is 5.51. The third-order valence-corrected chi connectivity index (χ3v) is 4.10. The molecule has 0 fully saturated rings. The van der Waals surface area contributed by atoms with Gasteiger partial charge in [-0.2, -0.15) is 4.40 Å². The molecule has 2 aromatic heterocycles. The maximum atomic E-state index is 8.52. The SMILES string of the molecule is Cc1c(C)[n+](C)c2c(OCc3cccc(N=[N+]=[N-])c3)cccn12. The smallest absolute Gasteiger partial charge is 0.329 e. The first-order valence-corrected chi connectivity index (χ1v) is 7.35. The van der Waals surface area contributed by atoms with E-state index in [1.807, 2.05) is 43.6 Å². The van der Waals surface area contributed by atoms with Crippen LogP contribution in [0, 0.1) is 13.8 Å². The van der Waals surface area contributed by atoms with E-state index in [0.717, 1.165) is 17.0 Å². The second kappa shape index (κ2) is 6.02. The standard InChI is InChI=1S/C17H18N5O/c1-12-13(2)22-9-5-8-16(17(22)21(12)3)23-11-14-6-4-7-15(10-14)19-20-18/h4-10H,11H2,1-3H3/q+1. The van der Waals surface area contributed by atoms with Gasteiger partial charge in [0.25, 0.3) is 0 Å². The zero-order chi connectivity index (χ0) is 16.4. The maximum Gasteiger partial charge on any atom is 0.329 e. The van der Waals surface area contributed by atoms with Crippen molar-refractivity contribution in [2.45, 2.75) is 20.5 Å². The minimum absolute atomic E-state index is 0.414. The van der Waals surface area contributed by atoms with E-state index in [4.69, 9.17) is 10.3 Å². The highest BCUT2D eigenvalue weighted by atomic mass is 16.5. The molecule has 0 radical (unpaired) electrons. The van der Waals surface area contributed by atoms with Gasteiger partial charge in [-0.05, 0) is 29.3 Å². The Bertz CT molecular complexity index is 922. The molecule has 0 saturated carbocycles. The fraction of sp³-hybridized carbons (Fsp3) is 0.235. The number of hydrogen-bond acceptors (Lipinski definition) is 2. The molecule has 1 aromatic carbocycles. The van der Waals surface area contributed by atoms with Gasteiger partial charge in [0.05, 0.1) is 13.2 Å². The van der Waals surface area contributed by atoms with Crippen molar-refractivity contribution in [3.63, 3.8) is 0 Å². The first-order valence-electron chi connectivity index (χ1n) is 7.35. The lowest BCUT2D eigenvalue weighted by Gasteiger charge is -2.06. The van der Waals surface area contributed by atoms with Crippen LogP contribution in [0.2, 0.25) is 0 Å². The second-order valence-electron chi connectivity index (χ2n) is 5.44. The van der Waals surface area contributed by atoms with Gasteiger partial charge in [0.15, 0.2) is 0 Å². The van der Waals surface area contributed by atoms with Gasteiger partial charge in [0.2, 0.25) is 5.75 Å².